The van der Waals surface area contributed by atoms with Gasteiger partial charge in [0.05, 0.1) is 7.11 Å². The summed E-state index contributed by atoms with van der Waals surface area (Å²) in [5.41, 5.74) is 0.800. The number of methoxy groups -OCH3 is 1. The average Bonchev–Trinajstić information content (AvgIpc) is 2.30. The lowest BCUT2D eigenvalue weighted by Gasteiger charge is -2.08. The van der Waals surface area contributed by atoms with Crippen molar-refractivity contribution in [3.63, 3.8) is 0 Å². The molecule has 0 bridgehead atoms. The Bertz CT molecular complexity index is 435. The van der Waals surface area contributed by atoms with E-state index in [0.29, 0.717) is 5.75 Å². The van der Waals surface area contributed by atoms with Crippen LogP contribution in [0, 0.1) is 3.57 Å². The van der Waals surface area contributed by atoms with Crippen molar-refractivity contribution in [2.24, 2.45) is 0 Å². The van der Waals surface area contributed by atoms with Gasteiger partial charge < -0.3 is 4.74 Å². The number of carbonyl (C=O) groups is 1. The van der Waals surface area contributed by atoms with Crippen LogP contribution in [0.2, 0.25) is 0 Å². The third-order valence-corrected chi connectivity index (χ3v) is 3.18. The van der Waals surface area contributed by atoms with E-state index in [-0.39, 0.29) is 13.0 Å². The summed E-state index contributed by atoms with van der Waals surface area (Å²) in [5.74, 6) is -1.42. The van der Waals surface area contributed by atoms with Gasteiger partial charge >= 0.3 is 12.1 Å². The third-order valence-electron chi connectivity index (χ3n) is 2.13. The van der Waals surface area contributed by atoms with E-state index in [1.807, 2.05) is 0 Å². The largest absolute Gasteiger partial charge is 0.497 e. The molecule has 0 aromatic heterocycles. The van der Waals surface area contributed by atoms with Crippen molar-refractivity contribution in [1.82, 2.24) is 5.32 Å². The summed E-state index contributed by atoms with van der Waals surface area (Å²) in [6.45, 7) is -0.193. The predicted molar refractivity (Wildman–Crippen MR) is 67.5 cm³/mol. The molecule has 0 spiro atoms. The highest BCUT2D eigenvalue weighted by Gasteiger charge is 2.39. The lowest BCUT2D eigenvalue weighted by Crippen LogP contribution is -2.32. The van der Waals surface area contributed by atoms with E-state index in [0.717, 1.165) is 9.13 Å². The van der Waals surface area contributed by atoms with E-state index in [1.165, 1.54) is 7.11 Å². The summed E-state index contributed by atoms with van der Waals surface area (Å²) < 4.78 is 41.6. The van der Waals surface area contributed by atoms with Crippen molar-refractivity contribution >= 4 is 28.5 Å². The molecule has 0 fully saturated rings. The molecule has 0 unspecified atom stereocenters. The SMILES string of the molecule is COc1ccc(I)c(CC[N]C(=O)C(F)(F)F)c1. The van der Waals surface area contributed by atoms with E-state index in [2.05, 4.69) is 27.9 Å². The predicted octanol–water partition coefficient (Wildman–Crippen LogP) is 2.54. The molecule has 0 aliphatic heterocycles. The number of ether oxygens (including phenoxy) is 1. The molecule has 0 aliphatic carbocycles. The number of carbonyl (C=O) groups excluding carboxylic acids is 1. The van der Waals surface area contributed by atoms with Gasteiger partial charge in [-0.3, -0.25) is 4.79 Å². The first-order chi connectivity index (χ1) is 8.34. The number of amides is 1. The number of alkyl halides is 3. The molecule has 1 radical (unpaired) electrons. The van der Waals surface area contributed by atoms with Crippen LogP contribution in [0.4, 0.5) is 13.2 Å². The van der Waals surface area contributed by atoms with Crippen molar-refractivity contribution in [2.75, 3.05) is 13.7 Å². The zero-order valence-corrected chi connectivity index (χ0v) is 11.6. The number of hydrogen-bond donors (Lipinski definition) is 0. The first kappa shape index (κ1) is 15.1. The Balaban J connectivity index is 2.56. The Morgan fingerprint density at radius 2 is 2.11 bits per heavy atom. The Kier molecular flexibility index (Phi) is 5.24. The maximum atomic E-state index is 11.9. The first-order valence-corrected chi connectivity index (χ1v) is 6.03. The van der Waals surface area contributed by atoms with Gasteiger partial charge in [-0.25, -0.2) is 5.32 Å². The minimum atomic E-state index is -4.89. The molecule has 0 saturated heterocycles. The molecule has 0 saturated carbocycles. The molecule has 0 atom stereocenters. The molecule has 7 heteroatoms. The molecular formula is C11H10F3INO2. The third kappa shape index (κ3) is 4.35. The zero-order valence-electron chi connectivity index (χ0n) is 9.42. The lowest BCUT2D eigenvalue weighted by molar-refractivity contribution is -0.173. The fourth-order valence-corrected chi connectivity index (χ4v) is 1.84. The lowest BCUT2D eigenvalue weighted by atomic mass is 10.1. The van der Waals surface area contributed by atoms with Gasteiger partial charge in [-0.2, -0.15) is 13.2 Å². The molecule has 99 valence electrons. The molecule has 1 aromatic rings. The Morgan fingerprint density at radius 3 is 2.67 bits per heavy atom. The number of rotatable bonds is 4. The molecule has 0 N–H and O–H groups in total. The maximum absolute atomic E-state index is 11.9. The second kappa shape index (κ2) is 6.26. The summed E-state index contributed by atoms with van der Waals surface area (Å²) in [4.78, 5) is 10.5. The second-order valence-corrected chi connectivity index (χ2v) is 4.55. The molecule has 18 heavy (non-hydrogen) atoms. The van der Waals surface area contributed by atoms with Crippen LogP contribution < -0.4 is 10.1 Å². The van der Waals surface area contributed by atoms with Gasteiger partial charge in [-0.05, 0) is 52.8 Å². The van der Waals surface area contributed by atoms with Crippen LogP contribution >= 0.6 is 22.6 Å². The van der Waals surface area contributed by atoms with Gasteiger partial charge in [0.1, 0.15) is 5.75 Å². The van der Waals surface area contributed by atoms with E-state index in [9.17, 15) is 18.0 Å². The summed E-state index contributed by atoms with van der Waals surface area (Å²) >= 11 is 2.06. The van der Waals surface area contributed by atoms with Gasteiger partial charge in [0.2, 0.25) is 0 Å². The van der Waals surface area contributed by atoms with Crippen molar-refractivity contribution in [1.29, 1.82) is 0 Å². The van der Waals surface area contributed by atoms with Crippen LogP contribution in [0.3, 0.4) is 0 Å². The molecule has 1 aromatic carbocycles. The smallest absolute Gasteiger partial charge is 0.473 e. The molecule has 1 rings (SSSR count). The minimum Gasteiger partial charge on any atom is -0.497 e. The van der Waals surface area contributed by atoms with E-state index in [4.69, 9.17) is 4.74 Å². The highest BCUT2D eigenvalue weighted by molar-refractivity contribution is 14.1. The van der Waals surface area contributed by atoms with Crippen LogP contribution in [0.1, 0.15) is 5.56 Å². The van der Waals surface area contributed by atoms with E-state index < -0.39 is 12.1 Å². The number of benzene rings is 1. The van der Waals surface area contributed by atoms with Crippen LogP contribution in [0.5, 0.6) is 5.75 Å². The summed E-state index contributed by atoms with van der Waals surface area (Å²) in [6, 6.07) is 5.26. The zero-order chi connectivity index (χ0) is 13.8. The summed E-state index contributed by atoms with van der Waals surface area (Å²) in [6.07, 6.45) is -4.63. The van der Waals surface area contributed by atoms with E-state index >= 15 is 0 Å². The average molecular weight is 372 g/mol. The van der Waals surface area contributed by atoms with Gasteiger partial charge in [-0.1, -0.05) is 0 Å². The fourth-order valence-electron chi connectivity index (χ4n) is 1.24. The van der Waals surface area contributed by atoms with Gasteiger partial charge in [-0.15, -0.1) is 0 Å². The summed E-state index contributed by atoms with van der Waals surface area (Å²) in [7, 11) is 1.50. The topological polar surface area (TPSA) is 40.4 Å². The monoisotopic (exact) mass is 372 g/mol. The normalized spacial score (nSPS) is 11.2. The summed E-state index contributed by atoms with van der Waals surface area (Å²) in [5, 5.41) is 2.98. The van der Waals surface area contributed by atoms with Crippen molar-refractivity contribution < 1.29 is 22.7 Å². The van der Waals surface area contributed by atoms with Crippen molar-refractivity contribution in [3.05, 3.63) is 27.3 Å². The van der Waals surface area contributed by atoms with Crippen LogP contribution in [0.25, 0.3) is 0 Å². The number of nitrogens with zero attached hydrogens (tertiary/aromatic N) is 1. The van der Waals surface area contributed by atoms with Crippen LogP contribution in [-0.2, 0) is 11.2 Å². The van der Waals surface area contributed by atoms with Crippen molar-refractivity contribution in [3.8, 4) is 5.75 Å². The highest BCUT2D eigenvalue weighted by Crippen LogP contribution is 2.20. The minimum absolute atomic E-state index is 0.193. The standard InChI is InChI=1S/C11H10F3INO2/c1-18-8-2-3-9(15)7(6-8)4-5-16-10(17)11(12,13)14/h2-3,6H,4-5H2,1H3. The fraction of sp³-hybridized carbons (Fsp3) is 0.364. The molecular weight excluding hydrogens is 362 g/mol. The van der Waals surface area contributed by atoms with Crippen LogP contribution in [0.15, 0.2) is 18.2 Å². The van der Waals surface area contributed by atoms with Gasteiger partial charge in [0.15, 0.2) is 0 Å². The molecule has 3 nitrogen and oxygen atoms in total. The number of hydrogen-bond acceptors (Lipinski definition) is 2. The van der Waals surface area contributed by atoms with Crippen molar-refractivity contribution in [2.45, 2.75) is 12.6 Å². The molecule has 1 amide bonds. The second-order valence-electron chi connectivity index (χ2n) is 3.39. The van der Waals surface area contributed by atoms with Gasteiger partial charge in [0, 0.05) is 10.1 Å². The Labute approximate surface area is 116 Å². The first-order valence-electron chi connectivity index (χ1n) is 4.95. The maximum Gasteiger partial charge on any atom is 0.473 e. The quantitative estimate of drug-likeness (QED) is 0.763. The van der Waals surface area contributed by atoms with E-state index in [1.54, 1.807) is 18.2 Å². The Morgan fingerprint density at radius 1 is 1.44 bits per heavy atom. The number of halogens is 4. The highest BCUT2D eigenvalue weighted by atomic mass is 127. The molecule has 0 heterocycles. The van der Waals surface area contributed by atoms with Gasteiger partial charge in [0.25, 0.3) is 0 Å². The van der Waals surface area contributed by atoms with Crippen LogP contribution in [-0.4, -0.2) is 25.7 Å². The molecule has 0 aliphatic rings. The Hall–Kier alpha value is -0.990.